The summed E-state index contributed by atoms with van der Waals surface area (Å²) < 4.78 is 59.4. The Balaban J connectivity index is 0.000000285. The molecule has 31 heavy (non-hydrogen) atoms. The average Bonchev–Trinajstić information content (AvgIpc) is 3.22. The normalized spacial score (nSPS) is 18.0. The lowest BCUT2D eigenvalue weighted by atomic mass is 10.2. The van der Waals surface area contributed by atoms with E-state index in [9.17, 15) is 27.2 Å². The predicted molar refractivity (Wildman–Crippen MR) is 103 cm³/mol. The van der Waals surface area contributed by atoms with E-state index >= 15 is 0 Å². The maximum Gasteiger partial charge on any atom is 0.414 e. The molecule has 1 aromatic heterocycles. The fourth-order valence-electron chi connectivity index (χ4n) is 2.58. The van der Waals surface area contributed by atoms with Gasteiger partial charge in [-0.05, 0) is 37.1 Å². The molecule has 2 amide bonds. The third kappa shape index (κ3) is 6.79. The van der Waals surface area contributed by atoms with E-state index in [1.807, 2.05) is 0 Å². The average molecular weight is 464 g/mol. The maximum absolute atomic E-state index is 12.6. The van der Waals surface area contributed by atoms with Gasteiger partial charge in [-0.3, -0.25) is 14.6 Å². The number of nitrogens with zero attached hydrogens (tertiary/aromatic N) is 1. The summed E-state index contributed by atoms with van der Waals surface area (Å²) in [6, 6.07) is 7.05. The molecule has 7 nitrogen and oxygen atoms in total. The van der Waals surface area contributed by atoms with Gasteiger partial charge in [-0.25, -0.2) is 4.39 Å². The van der Waals surface area contributed by atoms with Crippen molar-refractivity contribution >= 4 is 29.1 Å². The molecule has 1 saturated heterocycles. The summed E-state index contributed by atoms with van der Waals surface area (Å²) >= 11 is 5.49. The molecule has 3 N–H and O–H groups in total. The molecule has 3 rings (SSSR count). The Bertz CT molecular complexity index is 943. The molecule has 1 fully saturated rings. The van der Waals surface area contributed by atoms with Crippen molar-refractivity contribution in [1.29, 1.82) is 0 Å². The number of anilines is 1. The number of pyridine rings is 1. The van der Waals surface area contributed by atoms with Crippen molar-refractivity contribution in [3.05, 3.63) is 53.1 Å². The van der Waals surface area contributed by atoms with Crippen LogP contribution in [0.25, 0.3) is 0 Å². The summed E-state index contributed by atoms with van der Waals surface area (Å²) in [6.07, 6.45) is -6.61. The number of rotatable bonds is 4. The minimum absolute atomic E-state index is 0.0240. The van der Waals surface area contributed by atoms with Crippen LogP contribution < -0.4 is 15.8 Å². The van der Waals surface area contributed by atoms with Gasteiger partial charge in [0.05, 0.1) is 7.11 Å². The number of halogens is 5. The summed E-state index contributed by atoms with van der Waals surface area (Å²) in [6.45, 7) is 0. The number of nitrogens with two attached hydrogens (primary N) is 1. The van der Waals surface area contributed by atoms with Crippen molar-refractivity contribution in [2.45, 2.75) is 31.2 Å². The second-order valence-corrected chi connectivity index (χ2v) is 6.65. The molecule has 0 aliphatic carbocycles. The Morgan fingerprint density at radius 2 is 2.00 bits per heavy atom. The standard InChI is InChI=1S/C12H12F3N3O3.C7H6ClFO/c13-12(14,15)9-2-1-8(21-9)11(20)18-6-3-4-17-7(5-6)10(16)19;1-10-6-4-2-3-5(9)7(6)8/h3-5,8-9H,1-2H2,(H2,16,19)(H,17,18,20);2-4H,1H3. The van der Waals surface area contributed by atoms with E-state index in [-0.39, 0.29) is 29.2 Å². The first-order chi connectivity index (χ1) is 14.5. The Labute approximate surface area is 179 Å². The summed E-state index contributed by atoms with van der Waals surface area (Å²) in [7, 11) is 1.45. The van der Waals surface area contributed by atoms with Crippen LogP contribution in [0.15, 0.2) is 36.5 Å². The molecule has 1 aromatic carbocycles. The van der Waals surface area contributed by atoms with Crippen molar-refractivity contribution in [3.8, 4) is 5.75 Å². The van der Waals surface area contributed by atoms with Gasteiger partial charge in [-0.1, -0.05) is 17.7 Å². The number of alkyl halides is 3. The van der Waals surface area contributed by atoms with Crippen LogP contribution in [-0.2, 0) is 9.53 Å². The van der Waals surface area contributed by atoms with E-state index in [1.165, 1.54) is 31.5 Å². The molecular formula is C19H18ClF4N3O4. The van der Waals surface area contributed by atoms with Crippen LogP contribution in [0.2, 0.25) is 5.02 Å². The molecule has 2 aromatic rings. The van der Waals surface area contributed by atoms with Crippen LogP contribution in [0.4, 0.5) is 23.2 Å². The third-order valence-electron chi connectivity index (χ3n) is 4.09. The van der Waals surface area contributed by atoms with E-state index < -0.39 is 36.0 Å². The third-order valence-corrected chi connectivity index (χ3v) is 4.46. The van der Waals surface area contributed by atoms with Crippen LogP contribution >= 0.6 is 11.6 Å². The van der Waals surface area contributed by atoms with Gasteiger partial charge < -0.3 is 20.5 Å². The predicted octanol–water partition coefficient (Wildman–Crippen LogP) is 3.72. The Morgan fingerprint density at radius 1 is 1.29 bits per heavy atom. The van der Waals surface area contributed by atoms with E-state index in [2.05, 4.69) is 10.3 Å². The minimum atomic E-state index is -4.48. The van der Waals surface area contributed by atoms with Gasteiger partial charge in [0.1, 0.15) is 28.4 Å². The van der Waals surface area contributed by atoms with Crippen LogP contribution in [0, 0.1) is 5.82 Å². The molecule has 2 atom stereocenters. The van der Waals surface area contributed by atoms with Gasteiger partial charge in [-0.2, -0.15) is 13.2 Å². The second kappa shape index (κ2) is 10.4. The number of hydrogen-bond donors (Lipinski definition) is 2. The van der Waals surface area contributed by atoms with Gasteiger partial charge in [0.15, 0.2) is 6.10 Å². The number of carbonyl (C=O) groups excluding carboxylic acids is 2. The molecule has 12 heteroatoms. The van der Waals surface area contributed by atoms with Crippen molar-refractivity contribution in [1.82, 2.24) is 4.98 Å². The number of benzene rings is 1. The summed E-state index contributed by atoms with van der Waals surface area (Å²) in [5.41, 5.74) is 5.19. The van der Waals surface area contributed by atoms with Crippen LogP contribution in [0.1, 0.15) is 23.3 Å². The monoisotopic (exact) mass is 463 g/mol. The van der Waals surface area contributed by atoms with Crippen molar-refractivity contribution in [2.24, 2.45) is 5.73 Å². The van der Waals surface area contributed by atoms with Gasteiger partial charge in [0.2, 0.25) is 0 Å². The van der Waals surface area contributed by atoms with Crippen molar-refractivity contribution < 1.29 is 36.6 Å². The number of ether oxygens (including phenoxy) is 2. The Hall–Kier alpha value is -2.92. The highest BCUT2D eigenvalue weighted by Crippen LogP contribution is 2.33. The first-order valence-electron chi connectivity index (χ1n) is 8.79. The fraction of sp³-hybridized carbons (Fsp3) is 0.316. The van der Waals surface area contributed by atoms with Crippen molar-refractivity contribution in [2.75, 3.05) is 12.4 Å². The molecule has 0 bridgehead atoms. The molecule has 1 aliphatic heterocycles. The molecule has 0 saturated carbocycles. The first kappa shape index (κ1) is 24.4. The lowest BCUT2D eigenvalue weighted by Gasteiger charge is -2.16. The fourth-order valence-corrected chi connectivity index (χ4v) is 2.78. The summed E-state index contributed by atoms with van der Waals surface area (Å²) in [4.78, 5) is 26.5. The quantitative estimate of drug-likeness (QED) is 0.673. The molecule has 1 aliphatic rings. The molecule has 0 spiro atoms. The molecule has 0 radical (unpaired) electrons. The minimum Gasteiger partial charge on any atom is -0.495 e. The zero-order valence-electron chi connectivity index (χ0n) is 16.1. The highest BCUT2D eigenvalue weighted by atomic mass is 35.5. The zero-order chi connectivity index (χ0) is 23.2. The van der Waals surface area contributed by atoms with Crippen LogP contribution in [0.5, 0.6) is 5.75 Å². The van der Waals surface area contributed by atoms with Gasteiger partial charge >= 0.3 is 6.18 Å². The number of carbonyl (C=O) groups is 2. The molecule has 168 valence electrons. The SMILES string of the molecule is COc1cccc(F)c1Cl.NC(=O)c1cc(NC(=O)C2CCC(C(F)(F)F)O2)ccn1. The smallest absolute Gasteiger partial charge is 0.414 e. The maximum atomic E-state index is 12.6. The number of nitrogens with one attached hydrogen (secondary N) is 1. The van der Waals surface area contributed by atoms with E-state index in [0.717, 1.165) is 0 Å². The Kier molecular flexibility index (Phi) is 8.17. The highest BCUT2D eigenvalue weighted by Gasteiger charge is 2.47. The topological polar surface area (TPSA) is 104 Å². The number of methoxy groups -OCH3 is 1. The summed E-state index contributed by atoms with van der Waals surface area (Å²) in [5.74, 6) is -1.58. The number of primary amides is 1. The van der Waals surface area contributed by atoms with Gasteiger partial charge in [0, 0.05) is 11.9 Å². The zero-order valence-corrected chi connectivity index (χ0v) is 16.8. The largest absolute Gasteiger partial charge is 0.495 e. The number of hydrogen-bond acceptors (Lipinski definition) is 5. The van der Waals surface area contributed by atoms with Gasteiger partial charge in [0.25, 0.3) is 11.8 Å². The van der Waals surface area contributed by atoms with Crippen LogP contribution in [-0.4, -0.2) is 42.3 Å². The number of aromatic nitrogens is 1. The Morgan fingerprint density at radius 3 is 2.55 bits per heavy atom. The molecular weight excluding hydrogens is 446 g/mol. The second-order valence-electron chi connectivity index (χ2n) is 6.27. The highest BCUT2D eigenvalue weighted by molar-refractivity contribution is 6.32. The number of amides is 2. The van der Waals surface area contributed by atoms with E-state index in [4.69, 9.17) is 26.8 Å². The van der Waals surface area contributed by atoms with Crippen molar-refractivity contribution in [3.63, 3.8) is 0 Å². The van der Waals surface area contributed by atoms with Crippen LogP contribution in [0.3, 0.4) is 0 Å². The van der Waals surface area contributed by atoms with Gasteiger partial charge in [-0.15, -0.1) is 0 Å². The lowest BCUT2D eigenvalue weighted by Crippen LogP contribution is -2.33. The summed E-state index contributed by atoms with van der Waals surface area (Å²) in [5, 5.41) is 2.40. The molecule has 2 unspecified atom stereocenters. The lowest BCUT2D eigenvalue weighted by molar-refractivity contribution is -0.213. The van der Waals surface area contributed by atoms with E-state index in [1.54, 1.807) is 12.1 Å². The molecule has 2 heterocycles. The van der Waals surface area contributed by atoms with E-state index in [0.29, 0.717) is 5.75 Å². The first-order valence-corrected chi connectivity index (χ1v) is 9.17.